The van der Waals surface area contributed by atoms with E-state index < -0.39 is 0 Å². The number of rotatable bonds is 10. The lowest BCUT2D eigenvalue weighted by Gasteiger charge is -2.31. The van der Waals surface area contributed by atoms with Crippen molar-refractivity contribution >= 4 is 58.2 Å². The van der Waals surface area contributed by atoms with E-state index in [9.17, 15) is 0 Å². The molecule has 8 heteroatoms. The fraction of sp³-hybridized carbons (Fsp3) is 0.400. The highest BCUT2D eigenvalue weighted by molar-refractivity contribution is 7.30. The van der Waals surface area contributed by atoms with Crippen molar-refractivity contribution < 1.29 is 18.9 Å². The van der Waals surface area contributed by atoms with E-state index >= 15 is 0 Å². The molecule has 0 aliphatic carbocycles. The first-order chi connectivity index (χ1) is 18.0. The molecule has 2 saturated heterocycles. The monoisotopic (exact) mass is 586 g/mol. The molecular weight excluding hydrogens is 548 g/mol. The van der Waals surface area contributed by atoms with Gasteiger partial charge in [0, 0.05) is 32.0 Å². The van der Waals surface area contributed by atoms with Crippen LogP contribution in [0.5, 0.6) is 11.5 Å². The van der Waals surface area contributed by atoms with E-state index in [1.165, 1.54) is 22.3 Å². The maximum Gasteiger partial charge on any atom is 0.133 e. The fourth-order valence-corrected chi connectivity index (χ4v) is 6.77. The van der Waals surface area contributed by atoms with Crippen LogP contribution in [-0.4, -0.2) is 38.6 Å². The lowest BCUT2D eigenvalue weighted by atomic mass is 9.74. The molecule has 0 aromatic heterocycles. The summed E-state index contributed by atoms with van der Waals surface area (Å²) in [7, 11) is 11.4. The van der Waals surface area contributed by atoms with E-state index in [-0.39, 0.29) is 23.0 Å². The molecule has 38 heavy (non-hydrogen) atoms. The minimum absolute atomic E-state index is 0.165. The molecule has 6 atom stereocenters. The normalized spacial score (nSPS) is 18.8. The topological polar surface area (TPSA) is 43.5 Å². The Labute approximate surface area is 236 Å². The Balaban J connectivity index is 1.36. The van der Waals surface area contributed by atoms with E-state index in [0.29, 0.717) is 13.2 Å². The summed E-state index contributed by atoms with van der Waals surface area (Å²) in [4.78, 5) is 0. The second-order valence-electron chi connectivity index (χ2n) is 11.3. The first-order valence-electron chi connectivity index (χ1n) is 13.0. The smallest absolute Gasteiger partial charge is 0.133 e. The third-order valence-corrected chi connectivity index (χ3v) is 9.41. The standard InChI is InChI=1S/C30H38O4P4/c1-29(2,19-9-23(35)27(24(36)10-19)33-15-21-13-31-21)17-5-7-18(8-6-17)30(3,4)20-11-25(37)28(26(38)12-20)34-16-22-14-32-22/h5-12,21-22H,13-16,35-38H2,1-4H3. The van der Waals surface area contributed by atoms with Crippen LogP contribution in [0, 0.1) is 0 Å². The summed E-state index contributed by atoms with van der Waals surface area (Å²) in [6, 6.07) is 18.0. The van der Waals surface area contributed by atoms with Crippen molar-refractivity contribution in [1.82, 2.24) is 0 Å². The summed E-state index contributed by atoms with van der Waals surface area (Å²) < 4.78 is 22.6. The van der Waals surface area contributed by atoms with Gasteiger partial charge < -0.3 is 18.9 Å². The molecule has 0 amide bonds. The Morgan fingerprint density at radius 1 is 0.605 bits per heavy atom. The Kier molecular flexibility index (Phi) is 8.27. The van der Waals surface area contributed by atoms with Gasteiger partial charge in [-0.25, -0.2) is 0 Å². The van der Waals surface area contributed by atoms with E-state index in [4.69, 9.17) is 18.9 Å². The van der Waals surface area contributed by atoms with Crippen molar-refractivity contribution in [3.8, 4) is 11.5 Å². The second-order valence-corrected chi connectivity index (χ2v) is 13.8. The molecule has 2 heterocycles. The first-order valence-corrected chi connectivity index (χ1v) is 15.3. The Hall–Kier alpha value is -1.10. The summed E-state index contributed by atoms with van der Waals surface area (Å²) >= 11 is 0. The third kappa shape index (κ3) is 6.13. The van der Waals surface area contributed by atoms with Crippen LogP contribution in [0.3, 0.4) is 0 Å². The lowest BCUT2D eigenvalue weighted by molar-refractivity contribution is 0.266. The second kappa shape index (κ2) is 11.1. The molecule has 3 aromatic rings. The van der Waals surface area contributed by atoms with Crippen LogP contribution in [0.1, 0.15) is 49.9 Å². The average molecular weight is 587 g/mol. The van der Waals surface area contributed by atoms with Crippen molar-refractivity contribution in [1.29, 1.82) is 0 Å². The molecule has 2 aliphatic rings. The molecule has 0 saturated carbocycles. The van der Waals surface area contributed by atoms with Crippen molar-refractivity contribution in [2.24, 2.45) is 0 Å². The largest absolute Gasteiger partial charge is 0.489 e. The molecule has 0 spiro atoms. The predicted octanol–water partition coefficient (Wildman–Crippen LogP) is 3.90. The number of epoxide rings is 2. The Bertz CT molecular complexity index is 1180. The fourth-order valence-electron chi connectivity index (χ4n) is 4.72. The zero-order valence-electron chi connectivity index (χ0n) is 22.5. The van der Waals surface area contributed by atoms with Gasteiger partial charge in [0.1, 0.15) is 36.9 Å². The van der Waals surface area contributed by atoms with Crippen molar-refractivity contribution in [2.75, 3.05) is 26.4 Å². The summed E-state index contributed by atoms with van der Waals surface area (Å²) in [5.74, 6) is 1.82. The molecule has 5 rings (SSSR count). The maximum absolute atomic E-state index is 6.03. The summed E-state index contributed by atoms with van der Waals surface area (Å²) in [6.45, 7) is 11.9. The number of hydrogen-bond donors (Lipinski definition) is 0. The highest BCUT2D eigenvalue weighted by Gasteiger charge is 2.29. The number of hydrogen-bond acceptors (Lipinski definition) is 4. The van der Waals surface area contributed by atoms with E-state index in [1.807, 2.05) is 0 Å². The van der Waals surface area contributed by atoms with Gasteiger partial charge in [-0.3, -0.25) is 0 Å². The van der Waals surface area contributed by atoms with Crippen LogP contribution in [0.25, 0.3) is 0 Å². The van der Waals surface area contributed by atoms with Gasteiger partial charge >= 0.3 is 0 Å². The minimum atomic E-state index is -0.165. The lowest BCUT2D eigenvalue weighted by Crippen LogP contribution is -2.25. The van der Waals surface area contributed by atoms with E-state index in [1.54, 1.807) is 0 Å². The van der Waals surface area contributed by atoms with Gasteiger partial charge in [-0.1, -0.05) is 52.0 Å². The summed E-state index contributed by atoms with van der Waals surface area (Å²) in [6.07, 6.45) is 0.475. The third-order valence-electron chi connectivity index (χ3n) is 7.70. The zero-order chi connectivity index (χ0) is 27.2. The maximum atomic E-state index is 6.03. The molecule has 0 radical (unpaired) electrons. The van der Waals surface area contributed by atoms with Gasteiger partial charge in [-0.2, -0.15) is 0 Å². The van der Waals surface area contributed by atoms with Crippen LogP contribution in [0.4, 0.5) is 0 Å². The first kappa shape index (κ1) is 28.4. The summed E-state index contributed by atoms with van der Waals surface area (Å²) in [5.41, 5.74) is 4.72. The van der Waals surface area contributed by atoms with E-state index in [2.05, 4.69) is 113 Å². The van der Waals surface area contributed by atoms with Gasteiger partial charge in [-0.05, 0) is 46.5 Å². The van der Waals surface area contributed by atoms with Crippen LogP contribution >= 0.6 is 37.0 Å². The quantitative estimate of drug-likeness (QED) is 0.267. The van der Waals surface area contributed by atoms with Gasteiger partial charge in [0.25, 0.3) is 0 Å². The molecule has 2 fully saturated rings. The SMILES string of the molecule is CC(C)(c1ccc(C(C)(C)c2cc(P)c(OCC3CO3)c(P)c2)cc1)c1cc(P)c(OCC2CO2)c(P)c1. The Morgan fingerprint density at radius 2 is 0.895 bits per heavy atom. The van der Waals surface area contributed by atoms with Gasteiger partial charge in [0.15, 0.2) is 0 Å². The Morgan fingerprint density at radius 3 is 1.16 bits per heavy atom. The molecule has 4 nitrogen and oxygen atoms in total. The van der Waals surface area contributed by atoms with Crippen LogP contribution in [0.2, 0.25) is 0 Å². The van der Waals surface area contributed by atoms with Gasteiger partial charge in [0.2, 0.25) is 0 Å². The highest BCUT2D eigenvalue weighted by Crippen LogP contribution is 2.36. The summed E-state index contributed by atoms with van der Waals surface area (Å²) in [5, 5.41) is 4.27. The van der Waals surface area contributed by atoms with Crippen molar-refractivity contribution in [2.45, 2.75) is 50.7 Å². The molecule has 3 aromatic carbocycles. The van der Waals surface area contributed by atoms with Crippen LogP contribution in [-0.2, 0) is 20.3 Å². The average Bonchev–Trinajstić information content (AvgIpc) is 3.78. The zero-order valence-corrected chi connectivity index (χ0v) is 27.2. The van der Waals surface area contributed by atoms with Crippen molar-refractivity contribution in [3.05, 3.63) is 70.8 Å². The van der Waals surface area contributed by atoms with Crippen LogP contribution < -0.4 is 30.7 Å². The molecule has 2 aliphatic heterocycles. The van der Waals surface area contributed by atoms with Gasteiger partial charge in [-0.15, -0.1) is 37.0 Å². The number of ether oxygens (including phenoxy) is 4. The molecular formula is C30H38O4P4. The number of benzene rings is 3. The molecule has 0 bridgehead atoms. The molecule has 0 N–H and O–H groups in total. The van der Waals surface area contributed by atoms with Gasteiger partial charge in [0.05, 0.1) is 13.2 Å². The van der Waals surface area contributed by atoms with Crippen molar-refractivity contribution in [3.63, 3.8) is 0 Å². The molecule has 6 unspecified atom stereocenters. The molecule has 202 valence electrons. The highest BCUT2D eigenvalue weighted by atomic mass is 31.0. The van der Waals surface area contributed by atoms with Crippen LogP contribution in [0.15, 0.2) is 48.5 Å². The predicted molar refractivity (Wildman–Crippen MR) is 171 cm³/mol. The minimum Gasteiger partial charge on any atom is -0.489 e. The van der Waals surface area contributed by atoms with E-state index in [0.717, 1.165) is 45.9 Å².